The first-order chi connectivity index (χ1) is 12.9. The summed E-state index contributed by atoms with van der Waals surface area (Å²) in [6.07, 6.45) is 5.04. The zero-order valence-electron chi connectivity index (χ0n) is 15.4. The van der Waals surface area contributed by atoms with E-state index in [4.69, 9.17) is 22.1 Å². The summed E-state index contributed by atoms with van der Waals surface area (Å²) in [6, 6.07) is 7.36. The van der Waals surface area contributed by atoms with Gasteiger partial charge in [0.2, 0.25) is 11.8 Å². The van der Waals surface area contributed by atoms with Crippen LogP contribution in [-0.2, 0) is 9.59 Å². The standard InChI is InChI=1S/C21H25ClN2O3/c1-27-15-4-2-3-13(8-15)17-16(22)19(25)24(17)18-14-6-11-5-12(7-14)10-21(18,9-11)20(23)26/h2-4,8,11-12,14,16-18H,5-7,9-10H2,1H3,(H2,23,26). The lowest BCUT2D eigenvalue weighted by Crippen LogP contribution is -2.72. The first-order valence-electron chi connectivity index (χ1n) is 9.84. The van der Waals surface area contributed by atoms with Crippen LogP contribution in [0.25, 0.3) is 0 Å². The molecule has 6 rings (SSSR count). The number of hydrogen-bond acceptors (Lipinski definition) is 3. The fraction of sp³-hybridized carbons (Fsp3) is 0.619. The van der Waals surface area contributed by atoms with E-state index in [2.05, 4.69) is 0 Å². The summed E-state index contributed by atoms with van der Waals surface area (Å²) < 4.78 is 5.35. The maximum atomic E-state index is 12.9. The fourth-order valence-electron chi connectivity index (χ4n) is 6.79. The molecule has 5 aliphatic rings. The summed E-state index contributed by atoms with van der Waals surface area (Å²) in [4.78, 5) is 27.5. The van der Waals surface area contributed by atoms with Gasteiger partial charge >= 0.3 is 0 Å². The molecule has 6 heteroatoms. The Hall–Kier alpha value is -1.75. The van der Waals surface area contributed by atoms with E-state index in [-0.39, 0.29) is 23.9 Å². The van der Waals surface area contributed by atoms with Crippen LogP contribution in [-0.4, -0.2) is 35.2 Å². The zero-order chi connectivity index (χ0) is 18.9. The van der Waals surface area contributed by atoms with E-state index in [0.29, 0.717) is 17.8 Å². The number of benzene rings is 1. The van der Waals surface area contributed by atoms with Gasteiger partial charge in [-0.2, -0.15) is 0 Å². The SMILES string of the molecule is COc1cccc(C2C(Cl)C(=O)N2C2C3CC4CC(C3)CC2(C(N)=O)C4)c1. The Morgan fingerprint density at radius 3 is 2.59 bits per heavy atom. The highest BCUT2D eigenvalue weighted by Gasteiger charge is 2.66. The minimum atomic E-state index is -0.598. The number of nitrogens with two attached hydrogens (primary N) is 1. The molecule has 1 heterocycles. The molecule has 5 unspecified atom stereocenters. The summed E-state index contributed by atoms with van der Waals surface area (Å²) in [5.41, 5.74) is 6.35. The largest absolute Gasteiger partial charge is 0.497 e. The normalized spacial score (nSPS) is 42.1. The second-order valence-electron chi connectivity index (χ2n) is 8.94. The average molecular weight is 389 g/mol. The van der Waals surface area contributed by atoms with E-state index in [1.165, 1.54) is 6.42 Å². The van der Waals surface area contributed by atoms with Crippen molar-refractivity contribution in [2.45, 2.75) is 49.6 Å². The van der Waals surface area contributed by atoms with Crippen LogP contribution in [0.1, 0.15) is 43.7 Å². The zero-order valence-corrected chi connectivity index (χ0v) is 16.2. The van der Waals surface area contributed by atoms with Crippen LogP contribution < -0.4 is 10.5 Å². The molecule has 4 bridgehead atoms. The molecule has 144 valence electrons. The summed E-state index contributed by atoms with van der Waals surface area (Å²) in [7, 11) is 1.63. The van der Waals surface area contributed by atoms with Crippen molar-refractivity contribution in [1.82, 2.24) is 4.90 Å². The Morgan fingerprint density at radius 2 is 1.96 bits per heavy atom. The van der Waals surface area contributed by atoms with Crippen molar-refractivity contribution in [3.8, 4) is 5.75 Å². The van der Waals surface area contributed by atoms with Crippen molar-refractivity contribution in [2.24, 2.45) is 28.9 Å². The number of carbonyl (C=O) groups is 2. The smallest absolute Gasteiger partial charge is 0.243 e. The van der Waals surface area contributed by atoms with E-state index >= 15 is 0 Å². The summed E-state index contributed by atoms with van der Waals surface area (Å²) in [5, 5.41) is -0.598. The maximum Gasteiger partial charge on any atom is 0.243 e. The number of rotatable bonds is 4. The van der Waals surface area contributed by atoms with Gasteiger partial charge in [-0.3, -0.25) is 9.59 Å². The van der Waals surface area contributed by atoms with E-state index in [0.717, 1.165) is 37.0 Å². The summed E-state index contributed by atoms with van der Waals surface area (Å²) in [5.74, 6) is 1.94. The van der Waals surface area contributed by atoms with Crippen LogP contribution in [0.2, 0.25) is 0 Å². The van der Waals surface area contributed by atoms with Gasteiger partial charge in [-0.25, -0.2) is 0 Å². The molecule has 1 aliphatic heterocycles. The number of hydrogen-bond donors (Lipinski definition) is 1. The fourth-order valence-corrected chi connectivity index (χ4v) is 7.17. The van der Waals surface area contributed by atoms with Gasteiger partial charge in [0.1, 0.15) is 11.1 Å². The monoisotopic (exact) mass is 388 g/mol. The van der Waals surface area contributed by atoms with Crippen LogP contribution in [0.4, 0.5) is 0 Å². The highest BCUT2D eigenvalue weighted by Crippen LogP contribution is 2.63. The summed E-state index contributed by atoms with van der Waals surface area (Å²) in [6.45, 7) is 0. The molecule has 5 atom stereocenters. The molecule has 1 aromatic rings. The van der Waals surface area contributed by atoms with Gasteiger partial charge in [0.25, 0.3) is 0 Å². The maximum absolute atomic E-state index is 12.9. The number of likely N-dealkylation sites (tertiary alicyclic amines) is 1. The predicted molar refractivity (Wildman–Crippen MR) is 101 cm³/mol. The lowest BCUT2D eigenvalue weighted by Gasteiger charge is -2.65. The quantitative estimate of drug-likeness (QED) is 0.636. The number of amides is 2. The van der Waals surface area contributed by atoms with Crippen molar-refractivity contribution >= 4 is 23.4 Å². The van der Waals surface area contributed by atoms with Gasteiger partial charge in [0.15, 0.2) is 0 Å². The Morgan fingerprint density at radius 1 is 1.26 bits per heavy atom. The van der Waals surface area contributed by atoms with Crippen molar-refractivity contribution in [3.63, 3.8) is 0 Å². The molecule has 0 radical (unpaired) electrons. The molecule has 27 heavy (non-hydrogen) atoms. The minimum Gasteiger partial charge on any atom is -0.497 e. The number of ether oxygens (including phenoxy) is 1. The van der Waals surface area contributed by atoms with Crippen molar-refractivity contribution < 1.29 is 14.3 Å². The van der Waals surface area contributed by atoms with Gasteiger partial charge < -0.3 is 15.4 Å². The second-order valence-corrected chi connectivity index (χ2v) is 9.41. The Labute approximate surface area is 164 Å². The molecule has 5 fully saturated rings. The predicted octanol–water partition coefficient (Wildman–Crippen LogP) is 2.87. The molecule has 0 aromatic heterocycles. The molecule has 4 saturated carbocycles. The number of β-lactam (4-membered cyclic amide) rings is 1. The number of primary amides is 1. The van der Waals surface area contributed by atoms with Crippen molar-refractivity contribution in [2.75, 3.05) is 7.11 Å². The van der Waals surface area contributed by atoms with E-state index in [1.807, 2.05) is 29.2 Å². The van der Waals surface area contributed by atoms with Gasteiger partial charge in [-0.1, -0.05) is 12.1 Å². The van der Waals surface area contributed by atoms with Gasteiger partial charge in [0.05, 0.1) is 18.6 Å². The topological polar surface area (TPSA) is 72.6 Å². The first-order valence-corrected chi connectivity index (χ1v) is 10.3. The van der Waals surface area contributed by atoms with Gasteiger partial charge in [-0.05, 0) is 67.6 Å². The second kappa shape index (κ2) is 5.87. The van der Waals surface area contributed by atoms with E-state index in [9.17, 15) is 9.59 Å². The number of carbonyl (C=O) groups excluding carboxylic acids is 2. The lowest BCUT2D eigenvalue weighted by molar-refractivity contribution is -0.185. The number of alkyl halides is 1. The van der Waals surface area contributed by atoms with E-state index < -0.39 is 10.8 Å². The van der Waals surface area contributed by atoms with Crippen LogP contribution in [0.5, 0.6) is 5.75 Å². The van der Waals surface area contributed by atoms with Crippen LogP contribution >= 0.6 is 11.6 Å². The number of nitrogens with zero attached hydrogens (tertiary/aromatic N) is 1. The molecule has 5 nitrogen and oxygen atoms in total. The number of halogens is 1. The molecule has 4 aliphatic carbocycles. The molecule has 2 N–H and O–H groups in total. The lowest BCUT2D eigenvalue weighted by atomic mass is 9.46. The Balaban J connectivity index is 1.55. The van der Waals surface area contributed by atoms with Gasteiger partial charge in [0, 0.05) is 6.04 Å². The molecular weight excluding hydrogens is 364 g/mol. The first kappa shape index (κ1) is 17.4. The third-order valence-electron chi connectivity index (χ3n) is 7.55. The van der Waals surface area contributed by atoms with E-state index in [1.54, 1.807) is 7.11 Å². The number of methoxy groups -OCH3 is 1. The highest BCUT2D eigenvalue weighted by atomic mass is 35.5. The van der Waals surface area contributed by atoms with Gasteiger partial charge in [-0.15, -0.1) is 11.6 Å². The minimum absolute atomic E-state index is 0.0671. The van der Waals surface area contributed by atoms with Crippen LogP contribution in [0, 0.1) is 23.2 Å². The average Bonchev–Trinajstić information content (AvgIpc) is 2.65. The molecule has 1 saturated heterocycles. The third-order valence-corrected chi connectivity index (χ3v) is 7.98. The molecule has 2 amide bonds. The Kier molecular flexibility index (Phi) is 3.77. The molecule has 1 aromatic carbocycles. The van der Waals surface area contributed by atoms with Crippen molar-refractivity contribution in [1.29, 1.82) is 0 Å². The highest BCUT2D eigenvalue weighted by molar-refractivity contribution is 6.33. The van der Waals surface area contributed by atoms with Crippen LogP contribution in [0.15, 0.2) is 24.3 Å². The third kappa shape index (κ3) is 2.30. The van der Waals surface area contributed by atoms with Crippen molar-refractivity contribution in [3.05, 3.63) is 29.8 Å². The Bertz CT molecular complexity index is 798. The summed E-state index contributed by atoms with van der Waals surface area (Å²) >= 11 is 6.48. The van der Waals surface area contributed by atoms with Crippen LogP contribution in [0.3, 0.4) is 0 Å². The molecular formula is C21H25ClN2O3. The molecule has 0 spiro atoms.